The zero-order valence-corrected chi connectivity index (χ0v) is 11.1. The third-order valence-corrected chi connectivity index (χ3v) is 4.36. The molecule has 3 nitrogen and oxygen atoms in total. The molecule has 1 N–H and O–H groups in total. The highest BCUT2D eigenvalue weighted by molar-refractivity contribution is 7.91. The number of hydrogen-bond donors (Lipinski definition) is 1. The summed E-state index contributed by atoms with van der Waals surface area (Å²) < 4.78 is 48.5. The molecule has 18 heavy (non-hydrogen) atoms. The molecule has 0 aliphatic rings. The number of halogens is 2. The van der Waals surface area contributed by atoms with Crippen molar-refractivity contribution in [3.8, 4) is 0 Å². The molecule has 1 rings (SSSR count). The first-order valence-electron chi connectivity index (χ1n) is 5.79. The summed E-state index contributed by atoms with van der Waals surface area (Å²) in [6, 6.07) is 3.27. The molecule has 6 heteroatoms. The van der Waals surface area contributed by atoms with Crippen LogP contribution in [-0.2, 0) is 16.4 Å². The molecule has 0 saturated carbocycles. The van der Waals surface area contributed by atoms with Gasteiger partial charge in [0, 0.05) is 17.9 Å². The first kappa shape index (κ1) is 15.0. The van der Waals surface area contributed by atoms with Crippen LogP contribution in [0.2, 0.25) is 0 Å². The molecule has 0 aliphatic heterocycles. The van der Waals surface area contributed by atoms with Crippen molar-refractivity contribution in [2.75, 3.05) is 18.1 Å². The lowest BCUT2D eigenvalue weighted by atomic mass is 10.2. The average Bonchev–Trinajstić information content (AvgIpc) is 2.33. The summed E-state index contributed by atoms with van der Waals surface area (Å²) in [4.78, 5) is 0. The summed E-state index contributed by atoms with van der Waals surface area (Å²) >= 11 is 0. The van der Waals surface area contributed by atoms with Crippen LogP contribution in [0, 0.1) is 11.6 Å². The Hall–Kier alpha value is -1.01. The van der Waals surface area contributed by atoms with Crippen molar-refractivity contribution in [3.05, 3.63) is 35.4 Å². The van der Waals surface area contributed by atoms with Gasteiger partial charge in [0.1, 0.15) is 21.5 Å². The number of nitrogens with one attached hydrogen (secondary N) is 1. The van der Waals surface area contributed by atoms with Gasteiger partial charge >= 0.3 is 0 Å². The van der Waals surface area contributed by atoms with E-state index in [0.29, 0.717) is 13.0 Å². The molecule has 0 amide bonds. The number of benzene rings is 1. The van der Waals surface area contributed by atoms with Crippen LogP contribution in [0.5, 0.6) is 0 Å². The van der Waals surface area contributed by atoms with E-state index in [1.807, 2.05) is 0 Å². The molecule has 102 valence electrons. The Morgan fingerprint density at radius 2 is 2.00 bits per heavy atom. The van der Waals surface area contributed by atoms with Crippen LogP contribution in [0.1, 0.15) is 18.9 Å². The minimum absolute atomic E-state index is 0.113. The number of hydrogen-bond acceptors (Lipinski definition) is 3. The molecule has 0 heterocycles. The zero-order chi connectivity index (χ0) is 13.6. The van der Waals surface area contributed by atoms with Gasteiger partial charge in [-0.15, -0.1) is 0 Å². The lowest BCUT2D eigenvalue weighted by Gasteiger charge is -2.06. The quantitative estimate of drug-likeness (QED) is 0.774. The van der Waals surface area contributed by atoms with Crippen molar-refractivity contribution >= 4 is 9.84 Å². The molecule has 0 saturated heterocycles. The van der Waals surface area contributed by atoms with Gasteiger partial charge in [-0.2, -0.15) is 0 Å². The monoisotopic (exact) mass is 277 g/mol. The van der Waals surface area contributed by atoms with E-state index in [1.54, 1.807) is 6.92 Å². The summed E-state index contributed by atoms with van der Waals surface area (Å²) in [7, 11) is -2.95. The Bertz CT molecular complexity index is 489. The molecule has 0 radical (unpaired) electrons. The van der Waals surface area contributed by atoms with Gasteiger partial charge in [0.05, 0.1) is 5.75 Å². The lowest BCUT2D eigenvalue weighted by Crippen LogP contribution is -2.19. The maximum absolute atomic E-state index is 13.2. The minimum Gasteiger partial charge on any atom is -0.313 e. The van der Waals surface area contributed by atoms with Gasteiger partial charge in [0.25, 0.3) is 0 Å². The fourth-order valence-electron chi connectivity index (χ4n) is 1.46. The topological polar surface area (TPSA) is 46.2 Å². The maximum atomic E-state index is 13.2. The van der Waals surface area contributed by atoms with Crippen molar-refractivity contribution in [2.45, 2.75) is 19.9 Å². The van der Waals surface area contributed by atoms with Crippen molar-refractivity contribution in [1.29, 1.82) is 0 Å². The lowest BCUT2D eigenvalue weighted by molar-refractivity contribution is 0.565. The summed E-state index contributed by atoms with van der Waals surface area (Å²) in [5.41, 5.74) is 0.244. The smallest absolute Gasteiger partial charge is 0.150 e. The van der Waals surface area contributed by atoms with Gasteiger partial charge in [0.15, 0.2) is 0 Å². The van der Waals surface area contributed by atoms with E-state index in [4.69, 9.17) is 0 Å². The highest BCUT2D eigenvalue weighted by Crippen LogP contribution is 2.09. The van der Waals surface area contributed by atoms with E-state index in [1.165, 1.54) is 0 Å². The standard InChI is InChI=1S/C12H17F2NO2S/c1-2-18(16,17)7-3-6-15-9-10-8-11(13)4-5-12(10)14/h4-5,8,15H,2-3,6-7,9H2,1H3. The summed E-state index contributed by atoms with van der Waals surface area (Å²) in [6.45, 7) is 2.25. The summed E-state index contributed by atoms with van der Waals surface area (Å²) in [5.74, 6) is -0.708. The van der Waals surface area contributed by atoms with E-state index >= 15 is 0 Å². The number of rotatable bonds is 7. The van der Waals surface area contributed by atoms with Crippen LogP contribution in [0.3, 0.4) is 0 Å². The first-order valence-corrected chi connectivity index (χ1v) is 7.62. The van der Waals surface area contributed by atoms with E-state index < -0.39 is 21.5 Å². The second-order valence-corrected chi connectivity index (χ2v) is 6.48. The fourth-order valence-corrected chi connectivity index (χ4v) is 2.34. The minimum atomic E-state index is -2.95. The van der Waals surface area contributed by atoms with Gasteiger partial charge in [0.2, 0.25) is 0 Å². The number of sulfone groups is 1. The molecular formula is C12H17F2NO2S. The van der Waals surface area contributed by atoms with E-state index in [-0.39, 0.29) is 23.6 Å². The molecule has 0 aliphatic carbocycles. The Morgan fingerprint density at radius 1 is 1.28 bits per heavy atom. The second kappa shape index (κ2) is 6.80. The normalized spacial score (nSPS) is 11.7. The van der Waals surface area contributed by atoms with Crippen molar-refractivity contribution in [3.63, 3.8) is 0 Å². The molecule has 0 unspecified atom stereocenters. The van der Waals surface area contributed by atoms with Gasteiger partial charge in [-0.05, 0) is 31.2 Å². The molecular weight excluding hydrogens is 260 g/mol. The summed E-state index contributed by atoms with van der Waals surface area (Å²) in [5, 5.41) is 2.90. The predicted molar refractivity (Wildman–Crippen MR) is 67.0 cm³/mol. The second-order valence-electron chi connectivity index (χ2n) is 4.00. The van der Waals surface area contributed by atoms with Crippen LogP contribution in [-0.4, -0.2) is 26.5 Å². The molecule has 0 spiro atoms. The predicted octanol–water partition coefficient (Wildman–Crippen LogP) is 1.88. The van der Waals surface area contributed by atoms with Crippen molar-refractivity contribution < 1.29 is 17.2 Å². The average molecular weight is 277 g/mol. The molecule has 1 aromatic carbocycles. The Balaban J connectivity index is 2.32. The van der Waals surface area contributed by atoms with Gasteiger partial charge in [-0.1, -0.05) is 6.92 Å². The molecule has 0 atom stereocenters. The maximum Gasteiger partial charge on any atom is 0.150 e. The molecule has 0 bridgehead atoms. The van der Waals surface area contributed by atoms with E-state index in [0.717, 1.165) is 18.2 Å². The van der Waals surface area contributed by atoms with E-state index in [2.05, 4.69) is 5.32 Å². The van der Waals surface area contributed by atoms with Crippen molar-refractivity contribution in [1.82, 2.24) is 5.32 Å². The third kappa shape index (κ3) is 5.10. The van der Waals surface area contributed by atoms with Crippen LogP contribution < -0.4 is 5.32 Å². The highest BCUT2D eigenvalue weighted by atomic mass is 32.2. The van der Waals surface area contributed by atoms with Crippen molar-refractivity contribution in [2.24, 2.45) is 0 Å². The van der Waals surface area contributed by atoms with Crippen LogP contribution in [0.15, 0.2) is 18.2 Å². The van der Waals surface area contributed by atoms with E-state index in [9.17, 15) is 17.2 Å². The van der Waals surface area contributed by atoms with Gasteiger partial charge in [-0.3, -0.25) is 0 Å². The van der Waals surface area contributed by atoms with Gasteiger partial charge in [-0.25, -0.2) is 17.2 Å². The fraction of sp³-hybridized carbons (Fsp3) is 0.500. The highest BCUT2D eigenvalue weighted by Gasteiger charge is 2.07. The Labute approximate surface area is 106 Å². The first-order chi connectivity index (χ1) is 8.44. The summed E-state index contributed by atoms with van der Waals surface area (Å²) in [6.07, 6.45) is 0.465. The molecule has 0 aromatic heterocycles. The van der Waals surface area contributed by atoms with Crippen LogP contribution in [0.4, 0.5) is 8.78 Å². The SMILES string of the molecule is CCS(=O)(=O)CCCNCc1cc(F)ccc1F. The largest absolute Gasteiger partial charge is 0.313 e. The van der Waals surface area contributed by atoms with Crippen LogP contribution >= 0.6 is 0 Å². The Morgan fingerprint density at radius 3 is 2.67 bits per heavy atom. The Kier molecular flexibility index (Phi) is 5.68. The van der Waals surface area contributed by atoms with Crippen LogP contribution in [0.25, 0.3) is 0 Å². The third-order valence-electron chi connectivity index (χ3n) is 2.57. The molecule has 1 aromatic rings. The molecule has 0 fully saturated rings. The zero-order valence-electron chi connectivity index (χ0n) is 10.2. The van der Waals surface area contributed by atoms with Gasteiger partial charge < -0.3 is 5.32 Å².